The third kappa shape index (κ3) is 3.67. The molecule has 0 aromatic heterocycles. The largest absolute Gasteiger partial charge is 0.478 e. The second kappa shape index (κ2) is 8.47. The van der Waals surface area contributed by atoms with Crippen LogP contribution in [0.4, 0.5) is 0 Å². The number of hydrogen-bond donors (Lipinski definition) is 2. The van der Waals surface area contributed by atoms with Gasteiger partial charge < -0.3 is 10.2 Å². The molecule has 2 unspecified atom stereocenters. The van der Waals surface area contributed by atoms with Gasteiger partial charge in [0.15, 0.2) is 0 Å². The van der Waals surface area contributed by atoms with Crippen LogP contribution in [0.3, 0.4) is 0 Å². The maximum atomic E-state index is 12.8. The Morgan fingerprint density at radius 2 is 1.88 bits per heavy atom. The van der Waals surface area contributed by atoms with Crippen molar-refractivity contribution in [1.29, 1.82) is 0 Å². The zero-order valence-corrected chi connectivity index (χ0v) is 22.0. The molecule has 0 radical (unpaired) electrons. The molecule has 2 N–H and O–H groups in total. The van der Waals surface area contributed by atoms with E-state index >= 15 is 0 Å². The molecular formula is C30H44O4. The molecular weight excluding hydrogens is 424 g/mol. The van der Waals surface area contributed by atoms with Gasteiger partial charge >= 0.3 is 5.97 Å². The smallest absolute Gasteiger partial charge is 0.330 e. The molecule has 34 heavy (non-hydrogen) atoms. The fourth-order valence-corrected chi connectivity index (χ4v) is 8.56. The van der Waals surface area contributed by atoms with E-state index in [2.05, 4.69) is 41.2 Å². The lowest BCUT2D eigenvalue weighted by Gasteiger charge is -2.55. The lowest BCUT2D eigenvalue weighted by molar-refractivity contribution is -0.140. The van der Waals surface area contributed by atoms with E-state index < -0.39 is 17.5 Å². The van der Waals surface area contributed by atoms with Crippen LogP contribution in [-0.2, 0) is 9.59 Å². The molecule has 2 fully saturated rings. The molecule has 0 amide bonds. The van der Waals surface area contributed by atoms with Gasteiger partial charge in [-0.25, -0.2) is 4.79 Å². The summed E-state index contributed by atoms with van der Waals surface area (Å²) in [6.45, 7) is 17.5. The average Bonchev–Trinajstić information content (AvgIpc) is 3.09. The van der Waals surface area contributed by atoms with Crippen molar-refractivity contribution in [3.63, 3.8) is 0 Å². The number of aliphatic hydroxyl groups is 1. The fraction of sp³-hybridized carbons (Fsp3) is 0.733. The van der Waals surface area contributed by atoms with Crippen molar-refractivity contribution in [2.45, 2.75) is 99.0 Å². The Hall–Kier alpha value is -1.68. The lowest BCUT2D eigenvalue weighted by Crippen LogP contribution is -2.52. The van der Waals surface area contributed by atoms with Crippen LogP contribution in [0.15, 0.2) is 34.9 Å². The van der Waals surface area contributed by atoms with Crippen LogP contribution in [0.1, 0.15) is 92.9 Å². The van der Waals surface area contributed by atoms with Crippen LogP contribution in [0, 0.1) is 39.9 Å². The molecule has 4 heteroatoms. The zero-order chi connectivity index (χ0) is 25.2. The van der Waals surface area contributed by atoms with Crippen molar-refractivity contribution < 1.29 is 19.8 Å². The summed E-state index contributed by atoms with van der Waals surface area (Å²) in [5.41, 5.74) is 4.02. The molecule has 0 aliphatic heterocycles. The van der Waals surface area contributed by atoms with Gasteiger partial charge in [0.05, 0.1) is 6.10 Å². The minimum absolute atomic E-state index is 0.0210. The highest BCUT2D eigenvalue weighted by Gasteiger charge is 2.62. The Kier molecular flexibility index (Phi) is 6.33. The number of carbonyl (C=O) groups excluding carboxylic acids is 1. The van der Waals surface area contributed by atoms with Gasteiger partial charge in [0, 0.05) is 17.4 Å². The minimum Gasteiger partial charge on any atom is -0.478 e. The highest BCUT2D eigenvalue weighted by Crippen LogP contribution is 2.69. The minimum atomic E-state index is -0.842. The van der Waals surface area contributed by atoms with E-state index in [-0.39, 0.29) is 16.7 Å². The standard InChI is InChI=1S/C30H44O4/c1-17(9-8-10-18(2)27(33)34)20-11-13-30(7)21(19(20)3)15-22-26(30)23(31)16-24-28(4,5)25(32)12-14-29(22,24)6/h10,17,20-21,23-24,31H,3,8-9,11-16H2,1-2,4-7H3,(H,33,34)/b18-10-/t17-,20-,21?,23?,24+,29-,30-/m1/s1. The molecule has 4 aliphatic rings. The summed E-state index contributed by atoms with van der Waals surface area (Å²) in [4.78, 5) is 23.9. The Labute approximate surface area is 205 Å². The first kappa shape index (κ1) is 25.4. The number of aliphatic hydroxyl groups excluding tert-OH is 1. The monoisotopic (exact) mass is 468 g/mol. The van der Waals surface area contributed by atoms with E-state index in [1.54, 1.807) is 6.92 Å². The third-order valence-corrected chi connectivity index (χ3v) is 10.8. The number of carboxylic acids is 1. The average molecular weight is 469 g/mol. The van der Waals surface area contributed by atoms with E-state index in [1.165, 1.54) is 16.7 Å². The first-order chi connectivity index (χ1) is 15.7. The maximum absolute atomic E-state index is 12.8. The number of aliphatic carboxylic acids is 1. The number of carbonyl (C=O) groups is 2. The molecule has 0 bridgehead atoms. The number of rotatable bonds is 5. The molecule has 4 nitrogen and oxygen atoms in total. The van der Waals surface area contributed by atoms with Crippen molar-refractivity contribution >= 4 is 11.8 Å². The number of allylic oxidation sites excluding steroid dienone is 3. The topological polar surface area (TPSA) is 74.6 Å². The van der Waals surface area contributed by atoms with Gasteiger partial charge in [-0.3, -0.25) is 4.79 Å². The second-order valence-corrected chi connectivity index (χ2v) is 12.9. The number of ketones is 1. The molecule has 4 rings (SSSR count). The molecule has 0 aromatic carbocycles. The van der Waals surface area contributed by atoms with Crippen LogP contribution >= 0.6 is 0 Å². The Morgan fingerprint density at radius 3 is 2.53 bits per heavy atom. The van der Waals surface area contributed by atoms with Crippen LogP contribution < -0.4 is 0 Å². The maximum Gasteiger partial charge on any atom is 0.330 e. The number of hydrogen-bond acceptors (Lipinski definition) is 3. The van der Waals surface area contributed by atoms with Crippen molar-refractivity contribution in [2.24, 2.45) is 39.9 Å². The van der Waals surface area contributed by atoms with Gasteiger partial charge in [-0.2, -0.15) is 0 Å². The van der Waals surface area contributed by atoms with Gasteiger partial charge in [-0.15, -0.1) is 0 Å². The number of Topliss-reactive ketones (excluding diaryl/α,β-unsaturated/α-hetero) is 1. The normalized spacial score (nSPS) is 40.5. The van der Waals surface area contributed by atoms with Crippen molar-refractivity contribution in [3.05, 3.63) is 34.9 Å². The summed E-state index contributed by atoms with van der Waals surface area (Å²) in [6.07, 6.45) is 8.46. The van der Waals surface area contributed by atoms with Gasteiger partial charge in [-0.05, 0) is 91.9 Å². The molecule has 4 aliphatic carbocycles. The molecule has 7 atom stereocenters. The van der Waals surface area contributed by atoms with E-state index in [4.69, 9.17) is 5.11 Å². The Morgan fingerprint density at radius 1 is 1.21 bits per heavy atom. The van der Waals surface area contributed by atoms with Gasteiger partial charge in [0.25, 0.3) is 0 Å². The first-order valence-electron chi connectivity index (χ1n) is 13.3. The summed E-state index contributed by atoms with van der Waals surface area (Å²) in [5.74, 6) is 0.923. The fourth-order valence-electron chi connectivity index (χ4n) is 8.56. The first-order valence-corrected chi connectivity index (χ1v) is 13.3. The molecule has 0 saturated heterocycles. The second-order valence-electron chi connectivity index (χ2n) is 12.9. The predicted molar refractivity (Wildman–Crippen MR) is 135 cm³/mol. The Bertz CT molecular complexity index is 968. The highest BCUT2D eigenvalue weighted by atomic mass is 16.4. The summed E-state index contributed by atoms with van der Waals surface area (Å²) in [7, 11) is 0. The van der Waals surface area contributed by atoms with E-state index in [9.17, 15) is 14.7 Å². The quantitative estimate of drug-likeness (QED) is 0.357. The van der Waals surface area contributed by atoms with E-state index in [0.717, 1.165) is 38.5 Å². The van der Waals surface area contributed by atoms with Gasteiger partial charge in [0.2, 0.25) is 0 Å². The number of fused-ring (bicyclic) bond motifs is 4. The summed E-state index contributed by atoms with van der Waals surface area (Å²) in [6, 6.07) is 0. The Balaban J connectivity index is 1.58. The third-order valence-electron chi connectivity index (χ3n) is 10.8. The van der Waals surface area contributed by atoms with Gasteiger partial charge in [-0.1, -0.05) is 58.4 Å². The van der Waals surface area contributed by atoms with E-state index in [0.29, 0.717) is 42.0 Å². The highest BCUT2D eigenvalue weighted by molar-refractivity contribution is 5.86. The summed E-state index contributed by atoms with van der Waals surface area (Å²) >= 11 is 0. The lowest BCUT2D eigenvalue weighted by atomic mass is 9.49. The molecule has 188 valence electrons. The predicted octanol–water partition coefficient (Wildman–Crippen LogP) is 6.50. The molecule has 2 saturated carbocycles. The molecule has 0 spiro atoms. The molecule has 0 aromatic rings. The SMILES string of the molecule is C=C1C2CC3=C(C(O)C[C@H]4C(C)(C)C(=O)CC[C@]34C)[C@]2(C)CC[C@@H]1[C@H](C)CC/C=C(/C)C(=O)O. The van der Waals surface area contributed by atoms with Crippen molar-refractivity contribution in [1.82, 2.24) is 0 Å². The summed E-state index contributed by atoms with van der Waals surface area (Å²) < 4.78 is 0. The molecule has 0 heterocycles. The van der Waals surface area contributed by atoms with E-state index in [1.807, 2.05) is 6.08 Å². The van der Waals surface area contributed by atoms with Gasteiger partial charge in [0.1, 0.15) is 5.78 Å². The van der Waals surface area contributed by atoms with Crippen molar-refractivity contribution in [2.75, 3.05) is 0 Å². The number of carboxylic acid groups (broad SMARTS) is 1. The van der Waals surface area contributed by atoms with Crippen LogP contribution in [0.2, 0.25) is 0 Å². The van der Waals surface area contributed by atoms with Crippen LogP contribution in [0.25, 0.3) is 0 Å². The summed E-state index contributed by atoms with van der Waals surface area (Å²) in [5, 5.41) is 20.6. The van der Waals surface area contributed by atoms with Crippen LogP contribution in [-0.4, -0.2) is 28.1 Å². The van der Waals surface area contributed by atoms with Crippen molar-refractivity contribution in [3.8, 4) is 0 Å². The van der Waals surface area contributed by atoms with Crippen LogP contribution in [0.5, 0.6) is 0 Å². The zero-order valence-electron chi connectivity index (χ0n) is 22.0.